The number of carboxylic acid groups (broad SMARTS) is 1. The Hall–Kier alpha value is -2.54. The van der Waals surface area contributed by atoms with E-state index in [0.29, 0.717) is 6.04 Å². The van der Waals surface area contributed by atoms with Crippen molar-refractivity contribution in [3.8, 4) is 11.5 Å². The minimum absolute atomic E-state index is 0.250. The number of aryl methyl sites for hydroxylation is 1. The molecule has 2 fully saturated rings. The second kappa shape index (κ2) is 10.9. The van der Waals surface area contributed by atoms with Gasteiger partial charge in [0.1, 0.15) is 5.82 Å². The van der Waals surface area contributed by atoms with Crippen molar-refractivity contribution < 1.29 is 19.4 Å². The number of fused-ring (bicyclic) bond motifs is 3. The molecule has 7 heteroatoms. The Morgan fingerprint density at radius 3 is 2.53 bits per heavy atom. The summed E-state index contributed by atoms with van der Waals surface area (Å²) < 4.78 is 11.9. The largest absolute Gasteiger partial charge is 0.493 e. The van der Waals surface area contributed by atoms with E-state index in [1.54, 1.807) is 7.11 Å². The molecule has 1 saturated carbocycles. The number of ether oxygens (including phenoxy) is 2. The van der Waals surface area contributed by atoms with E-state index in [2.05, 4.69) is 22.3 Å². The van der Waals surface area contributed by atoms with Crippen LogP contribution in [0.3, 0.4) is 0 Å². The summed E-state index contributed by atoms with van der Waals surface area (Å²) in [6, 6.07) is 4.87. The van der Waals surface area contributed by atoms with Crippen LogP contribution in [0.5, 0.6) is 11.5 Å². The molecule has 174 valence electrons. The molecule has 1 aliphatic heterocycles. The van der Waals surface area contributed by atoms with Crippen LogP contribution in [-0.2, 0) is 17.6 Å². The maximum atomic E-state index is 8.36. The topological polar surface area (TPSA) is 83.9 Å². The van der Waals surface area contributed by atoms with Crippen LogP contribution in [0.1, 0.15) is 56.1 Å². The quantitative estimate of drug-likeness (QED) is 0.468. The molecule has 0 atom stereocenters. The number of hydrogen-bond donors (Lipinski definition) is 2. The van der Waals surface area contributed by atoms with E-state index in [-0.39, 0.29) is 6.47 Å². The fourth-order valence-corrected chi connectivity index (χ4v) is 4.82. The maximum Gasteiger partial charge on any atom is 0.290 e. The summed E-state index contributed by atoms with van der Waals surface area (Å²) in [5.41, 5.74) is 3.92. The van der Waals surface area contributed by atoms with Crippen LogP contribution in [0, 0.1) is 0 Å². The summed E-state index contributed by atoms with van der Waals surface area (Å²) in [6.07, 6.45) is 11.0. The molecular weight excluding hydrogens is 406 g/mol. The number of aromatic nitrogens is 1. The van der Waals surface area contributed by atoms with Gasteiger partial charge in [-0.2, -0.15) is 0 Å². The van der Waals surface area contributed by atoms with Crippen molar-refractivity contribution in [3.63, 3.8) is 0 Å². The van der Waals surface area contributed by atoms with E-state index < -0.39 is 0 Å². The summed E-state index contributed by atoms with van der Waals surface area (Å²) in [5.74, 6) is 2.76. The number of rotatable bonds is 8. The van der Waals surface area contributed by atoms with E-state index in [1.807, 2.05) is 0 Å². The van der Waals surface area contributed by atoms with Gasteiger partial charge in [0.15, 0.2) is 11.5 Å². The summed E-state index contributed by atoms with van der Waals surface area (Å²) >= 11 is 0. The Kier molecular flexibility index (Phi) is 7.68. The van der Waals surface area contributed by atoms with Gasteiger partial charge in [-0.15, -0.1) is 0 Å². The molecule has 2 heterocycles. The molecule has 0 amide bonds. The van der Waals surface area contributed by atoms with Gasteiger partial charge < -0.3 is 24.8 Å². The minimum atomic E-state index is -0.250. The van der Waals surface area contributed by atoms with Gasteiger partial charge in [0.2, 0.25) is 0 Å². The average molecular weight is 442 g/mol. The summed E-state index contributed by atoms with van der Waals surface area (Å²) in [5, 5.41) is 11.8. The fraction of sp³-hybridized carbons (Fsp3) is 0.600. The number of hydrogen-bond acceptors (Lipinski definition) is 6. The lowest BCUT2D eigenvalue weighted by molar-refractivity contribution is -0.122. The molecule has 0 unspecified atom stereocenters. The van der Waals surface area contributed by atoms with E-state index in [9.17, 15) is 0 Å². The number of likely N-dealkylation sites (tertiary alicyclic amines) is 1. The molecule has 32 heavy (non-hydrogen) atoms. The normalized spacial score (nSPS) is 17.9. The van der Waals surface area contributed by atoms with Crippen LogP contribution in [0.25, 0.3) is 10.9 Å². The smallest absolute Gasteiger partial charge is 0.290 e. The first-order valence-corrected chi connectivity index (χ1v) is 12.0. The first kappa shape index (κ1) is 22.6. The van der Waals surface area contributed by atoms with E-state index in [1.165, 1.54) is 68.1 Å². The lowest BCUT2D eigenvalue weighted by atomic mass is 9.89. The zero-order valence-electron chi connectivity index (χ0n) is 19.1. The summed E-state index contributed by atoms with van der Waals surface area (Å²) in [6.45, 7) is 4.07. The average Bonchev–Trinajstić information content (AvgIpc) is 3.47. The van der Waals surface area contributed by atoms with Crippen molar-refractivity contribution in [2.24, 2.45) is 0 Å². The lowest BCUT2D eigenvalue weighted by Gasteiger charge is -2.23. The Labute approximate surface area is 190 Å². The number of pyridine rings is 1. The van der Waals surface area contributed by atoms with Crippen molar-refractivity contribution in [2.75, 3.05) is 38.7 Å². The van der Waals surface area contributed by atoms with Crippen LogP contribution in [0.2, 0.25) is 0 Å². The molecule has 3 aliphatic rings. The van der Waals surface area contributed by atoms with Crippen LogP contribution in [0.4, 0.5) is 5.82 Å². The second-order valence-corrected chi connectivity index (χ2v) is 8.92. The molecule has 1 aromatic carbocycles. The Morgan fingerprint density at radius 1 is 1.12 bits per heavy atom. The summed E-state index contributed by atoms with van der Waals surface area (Å²) in [7, 11) is 1.74. The van der Waals surface area contributed by atoms with Gasteiger partial charge >= 0.3 is 0 Å². The highest BCUT2D eigenvalue weighted by Gasteiger charge is 2.26. The molecule has 0 radical (unpaired) electrons. The fourth-order valence-electron chi connectivity index (χ4n) is 4.82. The van der Waals surface area contributed by atoms with Crippen LogP contribution < -0.4 is 14.8 Å². The van der Waals surface area contributed by atoms with Gasteiger partial charge in [-0.05, 0) is 88.1 Å². The number of nitrogens with one attached hydrogen (secondary N) is 1. The molecule has 2 aromatic rings. The molecule has 2 N–H and O–H groups in total. The van der Waals surface area contributed by atoms with Crippen molar-refractivity contribution in [1.82, 2.24) is 9.88 Å². The van der Waals surface area contributed by atoms with Gasteiger partial charge in [0.25, 0.3) is 6.47 Å². The van der Waals surface area contributed by atoms with Crippen LogP contribution in [-0.4, -0.2) is 60.9 Å². The zero-order valence-corrected chi connectivity index (χ0v) is 19.1. The highest BCUT2D eigenvalue weighted by atomic mass is 16.5. The molecule has 2 aliphatic carbocycles. The molecule has 7 nitrogen and oxygen atoms in total. The number of benzene rings is 1. The monoisotopic (exact) mass is 441 g/mol. The minimum Gasteiger partial charge on any atom is -0.493 e. The van der Waals surface area contributed by atoms with Crippen LogP contribution >= 0.6 is 0 Å². The highest BCUT2D eigenvalue weighted by molar-refractivity contribution is 5.89. The maximum absolute atomic E-state index is 8.36. The predicted molar refractivity (Wildman–Crippen MR) is 126 cm³/mol. The molecule has 0 spiro atoms. The van der Waals surface area contributed by atoms with Gasteiger partial charge in [-0.1, -0.05) is 0 Å². The number of anilines is 1. The van der Waals surface area contributed by atoms with Crippen molar-refractivity contribution in [3.05, 3.63) is 23.3 Å². The van der Waals surface area contributed by atoms with Crippen molar-refractivity contribution >= 4 is 23.2 Å². The molecular formula is C25H35N3O4. The Bertz CT molecular complexity index is 923. The summed E-state index contributed by atoms with van der Waals surface area (Å²) in [4.78, 5) is 15.9. The third-order valence-corrected chi connectivity index (χ3v) is 6.59. The number of nitrogens with zero attached hydrogens (tertiary/aromatic N) is 2. The van der Waals surface area contributed by atoms with Crippen molar-refractivity contribution in [2.45, 2.75) is 63.8 Å². The number of methoxy groups -OCH3 is 1. The Morgan fingerprint density at radius 2 is 1.84 bits per heavy atom. The van der Waals surface area contributed by atoms with Crippen molar-refractivity contribution in [1.29, 1.82) is 0 Å². The molecule has 0 bridgehead atoms. The first-order chi connectivity index (χ1) is 15.7. The molecule has 1 aromatic heterocycles. The molecule has 1 saturated heterocycles. The third kappa shape index (κ3) is 5.44. The predicted octanol–water partition coefficient (Wildman–Crippen LogP) is 4.26. The van der Waals surface area contributed by atoms with E-state index in [4.69, 9.17) is 24.4 Å². The molecule has 5 rings (SSSR count). The van der Waals surface area contributed by atoms with Gasteiger partial charge in [-0.3, -0.25) is 4.79 Å². The van der Waals surface area contributed by atoms with Gasteiger partial charge in [-0.25, -0.2) is 4.98 Å². The lowest BCUT2D eigenvalue weighted by Crippen LogP contribution is -2.22. The third-order valence-electron chi connectivity index (χ3n) is 6.59. The highest BCUT2D eigenvalue weighted by Crippen LogP contribution is 2.39. The zero-order chi connectivity index (χ0) is 22.3. The number of carbonyl (C=O) groups is 1. The first-order valence-electron chi connectivity index (χ1n) is 12.0. The van der Waals surface area contributed by atoms with Crippen LogP contribution in [0.15, 0.2) is 12.1 Å². The van der Waals surface area contributed by atoms with Gasteiger partial charge in [0, 0.05) is 24.0 Å². The SMILES string of the molecule is COc1cc2c3c(c(NC4CC4)nc2cc1OCCCN1CCCC1)CCCC3.O=CO. The van der Waals surface area contributed by atoms with E-state index in [0.717, 1.165) is 55.2 Å². The Balaban J connectivity index is 0.000000775. The van der Waals surface area contributed by atoms with E-state index >= 15 is 0 Å². The second-order valence-electron chi connectivity index (χ2n) is 8.92. The standard InChI is InChI=1S/C24H33N3O2.CH2O2/c1-28-22-15-20-18-7-2-3-8-19(18)24(25-17-9-10-17)26-21(20)16-23(22)29-14-6-13-27-11-4-5-12-27;2-1-3/h15-17H,2-14H2,1H3,(H,25,26);1H,(H,2,3). The van der Waals surface area contributed by atoms with Gasteiger partial charge in [0.05, 0.1) is 19.2 Å².